The van der Waals surface area contributed by atoms with Gasteiger partial charge in [-0.15, -0.1) is 0 Å². The SMILES string of the molecule is CN(C)CCCNC(=O)c1cc(C(=O)Nc2c(F)cccc2F)ccn1. The normalized spacial score (nSPS) is 10.7. The largest absolute Gasteiger partial charge is 0.351 e. The van der Waals surface area contributed by atoms with Crippen LogP contribution < -0.4 is 10.6 Å². The molecule has 1 aromatic heterocycles. The van der Waals surface area contributed by atoms with Gasteiger partial charge in [0.15, 0.2) is 0 Å². The predicted molar refractivity (Wildman–Crippen MR) is 94.1 cm³/mol. The standard InChI is InChI=1S/C18H20F2N4O2/c1-24(2)10-4-8-22-18(26)15-11-12(7-9-21-15)17(25)23-16-13(19)5-3-6-14(16)20/h3,5-7,9,11H,4,8,10H2,1-2H3,(H,22,26)(H,23,25). The van der Waals surface area contributed by atoms with Crippen LogP contribution in [0.1, 0.15) is 27.3 Å². The van der Waals surface area contributed by atoms with Crippen LogP contribution in [0, 0.1) is 11.6 Å². The van der Waals surface area contributed by atoms with Gasteiger partial charge < -0.3 is 15.5 Å². The molecule has 8 heteroatoms. The van der Waals surface area contributed by atoms with Crippen LogP contribution >= 0.6 is 0 Å². The van der Waals surface area contributed by atoms with Crippen molar-refractivity contribution in [3.63, 3.8) is 0 Å². The summed E-state index contributed by atoms with van der Waals surface area (Å²) >= 11 is 0. The Bertz CT molecular complexity index is 776. The highest BCUT2D eigenvalue weighted by atomic mass is 19.1. The molecule has 0 saturated heterocycles. The molecule has 0 bridgehead atoms. The number of aromatic nitrogens is 1. The Morgan fingerprint density at radius 2 is 1.81 bits per heavy atom. The molecule has 2 rings (SSSR count). The topological polar surface area (TPSA) is 74.3 Å². The number of para-hydroxylation sites is 1. The molecule has 0 aliphatic carbocycles. The van der Waals surface area contributed by atoms with Gasteiger partial charge in [0.05, 0.1) is 0 Å². The van der Waals surface area contributed by atoms with Crippen LogP contribution in [0.25, 0.3) is 0 Å². The highest BCUT2D eigenvalue weighted by molar-refractivity contribution is 6.05. The summed E-state index contributed by atoms with van der Waals surface area (Å²) in [5.41, 5.74) is -0.415. The van der Waals surface area contributed by atoms with Crippen LogP contribution in [0.4, 0.5) is 14.5 Å². The molecule has 0 saturated carbocycles. The Morgan fingerprint density at radius 1 is 1.12 bits per heavy atom. The van der Waals surface area contributed by atoms with Crippen LogP contribution in [0.2, 0.25) is 0 Å². The third-order valence-corrected chi connectivity index (χ3v) is 3.52. The van der Waals surface area contributed by atoms with Gasteiger partial charge in [0.1, 0.15) is 23.0 Å². The molecule has 2 amide bonds. The van der Waals surface area contributed by atoms with Crippen molar-refractivity contribution < 1.29 is 18.4 Å². The molecule has 0 radical (unpaired) electrons. The van der Waals surface area contributed by atoms with Crippen LogP contribution in [0.3, 0.4) is 0 Å². The fourth-order valence-electron chi connectivity index (χ4n) is 2.19. The first kappa shape index (κ1) is 19.5. The Hall–Kier alpha value is -2.87. The van der Waals surface area contributed by atoms with E-state index in [4.69, 9.17) is 0 Å². The second kappa shape index (κ2) is 9.00. The maximum Gasteiger partial charge on any atom is 0.269 e. The zero-order valence-electron chi connectivity index (χ0n) is 14.6. The lowest BCUT2D eigenvalue weighted by molar-refractivity contribution is 0.0947. The summed E-state index contributed by atoms with van der Waals surface area (Å²) in [6.07, 6.45) is 2.06. The van der Waals surface area contributed by atoms with E-state index in [-0.39, 0.29) is 11.3 Å². The quantitative estimate of drug-likeness (QED) is 0.741. The number of hydrogen-bond acceptors (Lipinski definition) is 4. The van der Waals surface area contributed by atoms with Crippen molar-refractivity contribution in [1.29, 1.82) is 0 Å². The molecule has 6 nitrogen and oxygen atoms in total. The molecule has 0 aliphatic heterocycles. The zero-order chi connectivity index (χ0) is 19.1. The lowest BCUT2D eigenvalue weighted by Crippen LogP contribution is -2.28. The second-order valence-corrected chi connectivity index (χ2v) is 5.89. The average molecular weight is 362 g/mol. The number of hydrogen-bond donors (Lipinski definition) is 2. The predicted octanol–water partition coefficient (Wildman–Crippen LogP) is 2.29. The van der Waals surface area contributed by atoms with Crippen molar-refractivity contribution in [2.45, 2.75) is 6.42 Å². The first-order chi connectivity index (χ1) is 12.4. The number of nitrogens with one attached hydrogen (secondary N) is 2. The number of amides is 2. The summed E-state index contributed by atoms with van der Waals surface area (Å²) in [5.74, 6) is -2.92. The van der Waals surface area contributed by atoms with Gasteiger partial charge in [0.25, 0.3) is 11.8 Å². The van der Waals surface area contributed by atoms with Gasteiger partial charge in [0.2, 0.25) is 0 Å². The van der Waals surface area contributed by atoms with Crippen LogP contribution in [-0.4, -0.2) is 48.9 Å². The monoisotopic (exact) mass is 362 g/mol. The zero-order valence-corrected chi connectivity index (χ0v) is 14.6. The van der Waals surface area contributed by atoms with Crippen LogP contribution in [0.5, 0.6) is 0 Å². The van der Waals surface area contributed by atoms with E-state index in [1.54, 1.807) is 0 Å². The van der Waals surface area contributed by atoms with E-state index in [0.717, 1.165) is 25.1 Å². The van der Waals surface area contributed by atoms with Gasteiger partial charge in [-0.25, -0.2) is 8.78 Å². The van der Waals surface area contributed by atoms with Crippen molar-refractivity contribution in [3.8, 4) is 0 Å². The van der Waals surface area contributed by atoms with Crippen molar-refractivity contribution in [2.75, 3.05) is 32.5 Å². The molecular weight excluding hydrogens is 342 g/mol. The lowest BCUT2D eigenvalue weighted by atomic mass is 10.2. The maximum absolute atomic E-state index is 13.6. The molecule has 138 valence electrons. The Morgan fingerprint density at radius 3 is 2.46 bits per heavy atom. The lowest BCUT2D eigenvalue weighted by Gasteiger charge is -2.10. The summed E-state index contributed by atoms with van der Waals surface area (Å²) in [7, 11) is 3.87. The van der Waals surface area contributed by atoms with Crippen molar-refractivity contribution >= 4 is 17.5 Å². The first-order valence-corrected chi connectivity index (χ1v) is 8.03. The van der Waals surface area contributed by atoms with Gasteiger partial charge in [-0.05, 0) is 51.3 Å². The summed E-state index contributed by atoms with van der Waals surface area (Å²) in [5, 5.41) is 4.88. The fraction of sp³-hybridized carbons (Fsp3) is 0.278. The molecule has 2 N–H and O–H groups in total. The minimum atomic E-state index is -0.883. The second-order valence-electron chi connectivity index (χ2n) is 5.89. The van der Waals surface area contributed by atoms with E-state index >= 15 is 0 Å². The Kier molecular flexibility index (Phi) is 6.74. The summed E-state index contributed by atoms with van der Waals surface area (Å²) in [6.45, 7) is 1.29. The van der Waals surface area contributed by atoms with Gasteiger partial charge >= 0.3 is 0 Å². The van der Waals surface area contributed by atoms with E-state index in [0.29, 0.717) is 6.54 Å². The van der Waals surface area contributed by atoms with Crippen LogP contribution in [0.15, 0.2) is 36.5 Å². The van der Waals surface area contributed by atoms with Gasteiger partial charge in [-0.1, -0.05) is 6.07 Å². The Labute approximate surface area is 150 Å². The molecule has 0 fully saturated rings. The number of halogens is 2. The van der Waals surface area contributed by atoms with E-state index in [1.165, 1.54) is 24.4 Å². The summed E-state index contributed by atoms with van der Waals surface area (Å²) in [6, 6.07) is 5.91. The highest BCUT2D eigenvalue weighted by Gasteiger charge is 2.15. The van der Waals surface area contributed by atoms with Gasteiger partial charge in [0, 0.05) is 18.3 Å². The minimum absolute atomic E-state index is 0.0523. The van der Waals surface area contributed by atoms with Crippen molar-refractivity contribution in [1.82, 2.24) is 15.2 Å². The molecule has 1 aromatic carbocycles. The van der Waals surface area contributed by atoms with E-state index in [9.17, 15) is 18.4 Å². The number of pyridine rings is 1. The van der Waals surface area contributed by atoms with Crippen molar-refractivity contribution in [3.05, 3.63) is 59.4 Å². The molecule has 0 unspecified atom stereocenters. The third-order valence-electron chi connectivity index (χ3n) is 3.52. The average Bonchev–Trinajstić information content (AvgIpc) is 2.61. The molecule has 26 heavy (non-hydrogen) atoms. The number of carbonyl (C=O) groups excluding carboxylic acids is 2. The number of anilines is 1. The molecule has 0 aliphatic rings. The minimum Gasteiger partial charge on any atom is -0.351 e. The smallest absolute Gasteiger partial charge is 0.269 e. The molecule has 0 spiro atoms. The summed E-state index contributed by atoms with van der Waals surface area (Å²) in [4.78, 5) is 30.2. The number of nitrogens with zero attached hydrogens (tertiary/aromatic N) is 2. The fourth-order valence-corrected chi connectivity index (χ4v) is 2.19. The molecule has 0 atom stereocenters. The van der Waals surface area contributed by atoms with E-state index < -0.39 is 29.1 Å². The first-order valence-electron chi connectivity index (χ1n) is 8.03. The number of rotatable bonds is 7. The van der Waals surface area contributed by atoms with Crippen LogP contribution in [-0.2, 0) is 0 Å². The Balaban J connectivity index is 2.03. The third kappa shape index (κ3) is 5.32. The van der Waals surface area contributed by atoms with Gasteiger partial charge in [-0.2, -0.15) is 0 Å². The summed E-state index contributed by atoms with van der Waals surface area (Å²) < 4.78 is 27.3. The van der Waals surface area contributed by atoms with Gasteiger partial charge in [-0.3, -0.25) is 14.6 Å². The van der Waals surface area contributed by atoms with E-state index in [1.807, 2.05) is 19.0 Å². The highest BCUT2D eigenvalue weighted by Crippen LogP contribution is 2.19. The van der Waals surface area contributed by atoms with E-state index in [2.05, 4.69) is 15.6 Å². The van der Waals surface area contributed by atoms with Crippen molar-refractivity contribution in [2.24, 2.45) is 0 Å². The molecule has 2 aromatic rings. The molecule has 1 heterocycles. The number of benzene rings is 1. The molecular formula is C18H20F2N4O2. The number of carbonyl (C=O) groups is 2. The maximum atomic E-state index is 13.6.